The Hall–Kier alpha value is -3.47. The number of esters is 1. The maximum atomic E-state index is 11.6. The van der Waals surface area contributed by atoms with Gasteiger partial charge >= 0.3 is 5.97 Å². The molecule has 1 heterocycles. The number of rotatable bonds is 5. The van der Waals surface area contributed by atoms with Crippen LogP contribution >= 0.6 is 0 Å². The Balaban J connectivity index is 1.39. The van der Waals surface area contributed by atoms with Crippen molar-refractivity contribution in [2.45, 2.75) is 38.2 Å². The first-order chi connectivity index (χ1) is 15.5. The van der Waals surface area contributed by atoms with Crippen LogP contribution in [0.4, 0.5) is 0 Å². The first kappa shape index (κ1) is 20.4. The van der Waals surface area contributed by atoms with E-state index in [1.165, 1.54) is 18.2 Å². The predicted molar refractivity (Wildman–Crippen MR) is 121 cm³/mol. The van der Waals surface area contributed by atoms with E-state index >= 15 is 0 Å². The van der Waals surface area contributed by atoms with Gasteiger partial charge in [0.15, 0.2) is 0 Å². The minimum Gasteiger partial charge on any atom is -0.508 e. The number of carbonyl (C=O) groups excluding carboxylic acids is 1. The highest BCUT2D eigenvalue weighted by atomic mass is 16.5. The molecule has 0 radical (unpaired) electrons. The summed E-state index contributed by atoms with van der Waals surface area (Å²) >= 11 is 0. The van der Waals surface area contributed by atoms with Gasteiger partial charge in [-0.15, -0.1) is 0 Å². The van der Waals surface area contributed by atoms with Gasteiger partial charge in [-0.2, -0.15) is 0 Å². The summed E-state index contributed by atoms with van der Waals surface area (Å²) in [5.74, 6) is 1.61. The zero-order chi connectivity index (χ0) is 22.2. The van der Waals surface area contributed by atoms with Gasteiger partial charge in [-0.05, 0) is 65.8 Å². The van der Waals surface area contributed by atoms with Crippen LogP contribution in [0.2, 0.25) is 0 Å². The van der Waals surface area contributed by atoms with E-state index in [9.17, 15) is 9.90 Å². The van der Waals surface area contributed by atoms with Crippen molar-refractivity contribution in [1.82, 2.24) is 0 Å². The molecule has 32 heavy (non-hydrogen) atoms. The molecule has 1 N–H and O–H groups in total. The average Bonchev–Trinajstić information content (AvgIpc) is 3.39. The summed E-state index contributed by atoms with van der Waals surface area (Å²) in [6.07, 6.45) is 2.10. The van der Waals surface area contributed by atoms with Crippen molar-refractivity contribution >= 4 is 5.97 Å². The van der Waals surface area contributed by atoms with E-state index in [1.807, 2.05) is 30.3 Å². The number of phenolic OH excluding ortho intramolecular Hbond substituents is 1. The van der Waals surface area contributed by atoms with E-state index in [-0.39, 0.29) is 23.7 Å². The van der Waals surface area contributed by atoms with Crippen molar-refractivity contribution in [3.05, 3.63) is 76.9 Å². The molecule has 164 valence electrons. The Morgan fingerprint density at radius 1 is 1.09 bits per heavy atom. The van der Waals surface area contributed by atoms with Gasteiger partial charge in [0.25, 0.3) is 0 Å². The van der Waals surface area contributed by atoms with Crippen molar-refractivity contribution in [3.63, 3.8) is 0 Å². The van der Waals surface area contributed by atoms with Crippen LogP contribution in [-0.2, 0) is 16.0 Å². The standard InChI is InChI=1S/C27H26O5/c1-16-6-7-18(28)13-24(16)21-4-3-5-23-22(21)10-11-25(23)32-19-8-9-20-17(12-27(29)30-2)15-31-26(20)14-19/h3-9,13-14,17,25,28H,10-12,15H2,1-2H3. The second-order valence-corrected chi connectivity index (χ2v) is 8.51. The lowest BCUT2D eigenvalue weighted by molar-refractivity contribution is -0.141. The lowest BCUT2D eigenvalue weighted by Crippen LogP contribution is -2.09. The van der Waals surface area contributed by atoms with E-state index in [0.29, 0.717) is 13.0 Å². The van der Waals surface area contributed by atoms with Crippen LogP contribution in [0.1, 0.15) is 47.1 Å². The Bertz CT molecular complexity index is 1180. The lowest BCUT2D eigenvalue weighted by atomic mass is 9.93. The van der Waals surface area contributed by atoms with Crippen molar-refractivity contribution in [1.29, 1.82) is 0 Å². The fourth-order valence-electron chi connectivity index (χ4n) is 4.84. The number of hydrogen-bond donors (Lipinski definition) is 1. The summed E-state index contributed by atoms with van der Waals surface area (Å²) in [5.41, 5.74) is 6.85. The van der Waals surface area contributed by atoms with Crippen LogP contribution in [0.3, 0.4) is 0 Å². The molecule has 5 nitrogen and oxygen atoms in total. The largest absolute Gasteiger partial charge is 0.508 e. The van der Waals surface area contributed by atoms with E-state index < -0.39 is 0 Å². The zero-order valence-corrected chi connectivity index (χ0v) is 18.3. The molecule has 0 bridgehead atoms. The van der Waals surface area contributed by atoms with E-state index in [2.05, 4.69) is 25.1 Å². The number of aryl methyl sites for hydroxylation is 1. The molecule has 3 aromatic rings. The SMILES string of the molecule is COC(=O)CC1COc2cc(OC3CCc4c(-c5cc(O)ccc5C)cccc43)ccc21. The summed E-state index contributed by atoms with van der Waals surface area (Å²) in [7, 11) is 1.41. The second-order valence-electron chi connectivity index (χ2n) is 8.51. The maximum absolute atomic E-state index is 11.6. The van der Waals surface area contributed by atoms with Gasteiger partial charge in [-0.3, -0.25) is 4.79 Å². The molecular weight excluding hydrogens is 404 g/mol. The van der Waals surface area contributed by atoms with Gasteiger partial charge in [0.1, 0.15) is 23.4 Å². The minimum absolute atomic E-state index is 0.0202. The molecule has 0 spiro atoms. The summed E-state index contributed by atoms with van der Waals surface area (Å²) in [6.45, 7) is 2.54. The lowest BCUT2D eigenvalue weighted by Gasteiger charge is -2.17. The van der Waals surface area contributed by atoms with Crippen LogP contribution < -0.4 is 9.47 Å². The van der Waals surface area contributed by atoms with E-state index in [4.69, 9.17) is 14.2 Å². The summed E-state index contributed by atoms with van der Waals surface area (Å²) < 4.78 is 17.0. The molecule has 0 aromatic heterocycles. The number of fused-ring (bicyclic) bond motifs is 2. The monoisotopic (exact) mass is 430 g/mol. The molecule has 1 aliphatic heterocycles. The number of hydrogen-bond acceptors (Lipinski definition) is 5. The number of aromatic hydroxyl groups is 1. The molecule has 2 unspecified atom stereocenters. The fourth-order valence-corrected chi connectivity index (χ4v) is 4.84. The number of ether oxygens (including phenoxy) is 3. The van der Waals surface area contributed by atoms with Gasteiger partial charge in [-0.1, -0.05) is 30.3 Å². The van der Waals surface area contributed by atoms with Gasteiger partial charge in [0.2, 0.25) is 0 Å². The highest BCUT2D eigenvalue weighted by molar-refractivity contribution is 5.74. The van der Waals surface area contributed by atoms with Crippen LogP contribution in [0.15, 0.2) is 54.6 Å². The number of methoxy groups -OCH3 is 1. The van der Waals surface area contributed by atoms with Gasteiger partial charge < -0.3 is 19.3 Å². The third-order valence-electron chi connectivity index (χ3n) is 6.51. The second kappa shape index (κ2) is 8.23. The van der Waals surface area contributed by atoms with Crippen LogP contribution in [0.25, 0.3) is 11.1 Å². The van der Waals surface area contributed by atoms with E-state index in [1.54, 1.807) is 6.07 Å². The van der Waals surface area contributed by atoms with Gasteiger partial charge in [0, 0.05) is 17.5 Å². The third-order valence-corrected chi connectivity index (χ3v) is 6.51. The van der Waals surface area contributed by atoms with Gasteiger partial charge in [0.05, 0.1) is 20.1 Å². The fraction of sp³-hybridized carbons (Fsp3) is 0.296. The predicted octanol–water partition coefficient (Wildman–Crippen LogP) is 5.47. The molecule has 5 rings (SSSR count). The number of benzene rings is 3. The molecular formula is C27H26O5. The van der Waals surface area contributed by atoms with Crippen molar-refractivity contribution < 1.29 is 24.1 Å². The molecule has 0 amide bonds. The van der Waals surface area contributed by atoms with Crippen LogP contribution in [0.5, 0.6) is 17.2 Å². The molecule has 2 atom stereocenters. The summed E-state index contributed by atoms with van der Waals surface area (Å²) in [6, 6.07) is 17.7. The topological polar surface area (TPSA) is 65.0 Å². The molecule has 5 heteroatoms. The molecule has 0 fully saturated rings. The molecule has 0 saturated carbocycles. The number of phenols is 1. The van der Waals surface area contributed by atoms with Crippen LogP contribution in [0, 0.1) is 6.92 Å². The zero-order valence-electron chi connectivity index (χ0n) is 18.3. The number of carbonyl (C=O) groups is 1. The highest BCUT2D eigenvalue weighted by Gasteiger charge is 2.30. The van der Waals surface area contributed by atoms with Crippen molar-refractivity contribution in [2.24, 2.45) is 0 Å². The summed E-state index contributed by atoms with van der Waals surface area (Å²) in [5, 5.41) is 9.99. The quantitative estimate of drug-likeness (QED) is 0.544. The third kappa shape index (κ3) is 3.68. The highest BCUT2D eigenvalue weighted by Crippen LogP contribution is 2.43. The average molecular weight is 431 g/mol. The Morgan fingerprint density at radius 3 is 2.81 bits per heavy atom. The molecule has 1 aliphatic carbocycles. The molecule has 2 aliphatic rings. The maximum Gasteiger partial charge on any atom is 0.306 e. The van der Waals surface area contributed by atoms with Crippen molar-refractivity contribution in [3.8, 4) is 28.4 Å². The summed E-state index contributed by atoms with van der Waals surface area (Å²) in [4.78, 5) is 11.6. The van der Waals surface area contributed by atoms with Crippen LogP contribution in [-0.4, -0.2) is 24.8 Å². The first-order valence-electron chi connectivity index (χ1n) is 11.0. The Kier molecular flexibility index (Phi) is 5.25. The first-order valence-corrected chi connectivity index (χ1v) is 11.0. The Morgan fingerprint density at radius 2 is 1.97 bits per heavy atom. The Labute approximate surface area is 187 Å². The van der Waals surface area contributed by atoms with E-state index in [0.717, 1.165) is 46.6 Å². The normalized spacial score (nSPS) is 18.6. The molecule has 3 aromatic carbocycles. The molecule has 0 saturated heterocycles. The minimum atomic E-state index is -0.230. The van der Waals surface area contributed by atoms with Gasteiger partial charge in [-0.25, -0.2) is 0 Å². The smallest absolute Gasteiger partial charge is 0.306 e. The van der Waals surface area contributed by atoms with Crippen molar-refractivity contribution in [2.75, 3.05) is 13.7 Å².